The molecule has 4 heteroatoms. The van der Waals surface area contributed by atoms with Gasteiger partial charge in [0, 0.05) is 16.5 Å². The van der Waals surface area contributed by atoms with E-state index in [1.165, 1.54) is 0 Å². The van der Waals surface area contributed by atoms with Gasteiger partial charge < -0.3 is 19.7 Å². The zero-order valence-corrected chi connectivity index (χ0v) is 29.8. The summed E-state index contributed by atoms with van der Waals surface area (Å²) in [6.45, 7) is 2.23. The largest absolute Gasteiger partial charge is 0.508 e. The molecule has 0 atom stereocenters. The van der Waals surface area contributed by atoms with Gasteiger partial charge in [-0.2, -0.15) is 0 Å². The van der Waals surface area contributed by atoms with Crippen molar-refractivity contribution in [1.82, 2.24) is 0 Å². The first-order valence-electron chi connectivity index (χ1n) is 17.9. The van der Waals surface area contributed by atoms with E-state index in [-0.39, 0.29) is 11.5 Å². The Labute approximate surface area is 315 Å². The van der Waals surface area contributed by atoms with Crippen LogP contribution in [0.2, 0.25) is 0 Å². The molecule has 8 aromatic rings. The number of hydrogen-bond donors (Lipinski definition) is 2. The number of rotatable bonds is 10. The minimum absolute atomic E-state index is 0.166. The van der Waals surface area contributed by atoms with E-state index < -0.39 is 5.41 Å². The SMILES string of the molecule is CC(c1ccc(-c2ccccc2)cc1)(c1cc(-c2ccccc2)ccc1Oc1ccc(O)cc1)c1cc(-c2ccccc2)ccc1Oc1ccc(O)cc1. The van der Waals surface area contributed by atoms with Gasteiger partial charge in [0.1, 0.15) is 34.5 Å². The summed E-state index contributed by atoms with van der Waals surface area (Å²) in [7, 11) is 0. The molecule has 0 aliphatic heterocycles. The molecule has 0 saturated heterocycles. The summed E-state index contributed by atoms with van der Waals surface area (Å²) in [6, 6.07) is 66.0. The van der Waals surface area contributed by atoms with Crippen molar-refractivity contribution in [3.8, 4) is 67.9 Å². The summed E-state index contributed by atoms with van der Waals surface area (Å²) in [6.07, 6.45) is 0. The van der Waals surface area contributed by atoms with E-state index >= 15 is 0 Å². The number of phenolic OH excluding ortho intramolecular Hbond substituents is 2. The van der Waals surface area contributed by atoms with Gasteiger partial charge in [-0.1, -0.05) is 127 Å². The molecule has 0 bridgehead atoms. The molecule has 262 valence electrons. The number of phenols is 2. The Kier molecular flexibility index (Phi) is 9.40. The van der Waals surface area contributed by atoms with Crippen molar-refractivity contribution >= 4 is 0 Å². The number of aromatic hydroxyl groups is 2. The fraction of sp³-hybridized carbons (Fsp3) is 0.0400. The van der Waals surface area contributed by atoms with Gasteiger partial charge in [0.15, 0.2) is 0 Å². The van der Waals surface area contributed by atoms with E-state index in [1.807, 2.05) is 54.6 Å². The highest BCUT2D eigenvalue weighted by Crippen LogP contribution is 2.50. The number of hydrogen-bond acceptors (Lipinski definition) is 4. The maximum absolute atomic E-state index is 10.1. The molecule has 0 radical (unpaired) electrons. The highest BCUT2D eigenvalue weighted by Gasteiger charge is 2.38. The van der Waals surface area contributed by atoms with Crippen molar-refractivity contribution in [2.75, 3.05) is 0 Å². The van der Waals surface area contributed by atoms with Crippen LogP contribution >= 0.6 is 0 Å². The van der Waals surface area contributed by atoms with E-state index in [1.54, 1.807) is 48.5 Å². The highest BCUT2D eigenvalue weighted by atomic mass is 16.5. The van der Waals surface area contributed by atoms with Gasteiger partial charge in [-0.25, -0.2) is 0 Å². The minimum atomic E-state index is -0.858. The van der Waals surface area contributed by atoms with Crippen LogP contribution in [0, 0.1) is 0 Å². The topological polar surface area (TPSA) is 58.9 Å². The van der Waals surface area contributed by atoms with E-state index in [2.05, 4.69) is 104 Å². The normalized spacial score (nSPS) is 11.2. The first-order valence-corrected chi connectivity index (χ1v) is 17.9. The molecule has 54 heavy (non-hydrogen) atoms. The quantitative estimate of drug-likeness (QED) is 0.139. The molecule has 0 aromatic heterocycles. The van der Waals surface area contributed by atoms with Crippen LogP contribution in [-0.2, 0) is 5.41 Å². The number of ether oxygens (including phenoxy) is 2. The Balaban J connectivity index is 1.41. The van der Waals surface area contributed by atoms with Gasteiger partial charge in [0.25, 0.3) is 0 Å². The molecular formula is C50H38O4. The second kappa shape index (κ2) is 14.9. The van der Waals surface area contributed by atoms with Gasteiger partial charge in [0.05, 0.1) is 0 Å². The van der Waals surface area contributed by atoms with E-state index in [0.29, 0.717) is 23.0 Å². The molecule has 0 aliphatic carbocycles. The second-order valence-corrected chi connectivity index (χ2v) is 13.4. The molecule has 8 rings (SSSR count). The summed E-state index contributed by atoms with van der Waals surface area (Å²) in [4.78, 5) is 0. The average Bonchev–Trinajstić information content (AvgIpc) is 3.23. The molecule has 8 aromatic carbocycles. The lowest BCUT2D eigenvalue weighted by atomic mass is 9.69. The van der Waals surface area contributed by atoms with Crippen LogP contribution in [0.25, 0.3) is 33.4 Å². The molecule has 0 unspecified atom stereocenters. The third-order valence-corrected chi connectivity index (χ3v) is 9.95. The lowest BCUT2D eigenvalue weighted by molar-refractivity contribution is 0.446. The minimum Gasteiger partial charge on any atom is -0.508 e. The van der Waals surface area contributed by atoms with Gasteiger partial charge >= 0.3 is 0 Å². The summed E-state index contributed by atoms with van der Waals surface area (Å²) >= 11 is 0. The van der Waals surface area contributed by atoms with Crippen molar-refractivity contribution in [1.29, 1.82) is 0 Å². The van der Waals surface area contributed by atoms with Crippen LogP contribution in [-0.4, -0.2) is 10.2 Å². The maximum Gasteiger partial charge on any atom is 0.131 e. The molecule has 0 fully saturated rings. The van der Waals surface area contributed by atoms with Crippen LogP contribution < -0.4 is 9.47 Å². The smallest absolute Gasteiger partial charge is 0.131 e. The van der Waals surface area contributed by atoms with Crippen LogP contribution in [0.15, 0.2) is 200 Å². The molecule has 0 heterocycles. The van der Waals surface area contributed by atoms with Gasteiger partial charge in [-0.05, 0) is 119 Å². The number of benzene rings is 8. The third kappa shape index (κ3) is 7.06. The standard InChI is InChI=1S/C50H38O4/c1-50(41-21-17-38(18-22-41)35-11-5-2-6-12-35,46-33-39(36-13-7-3-8-14-36)19-31-48(46)53-44-27-23-42(51)24-28-44)47-34-40(37-15-9-4-10-16-37)20-32-49(47)54-45-29-25-43(52)26-30-45/h2-34,51-52H,1H3. The molecular weight excluding hydrogens is 665 g/mol. The third-order valence-electron chi connectivity index (χ3n) is 9.95. The fourth-order valence-corrected chi connectivity index (χ4v) is 7.00. The highest BCUT2D eigenvalue weighted by molar-refractivity contribution is 5.73. The fourth-order valence-electron chi connectivity index (χ4n) is 7.00. The molecule has 2 N–H and O–H groups in total. The molecule has 0 amide bonds. The second-order valence-electron chi connectivity index (χ2n) is 13.4. The van der Waals surface area contributed by atoms with Crippen LogP contribution in [0.1, 0.15) is 23.6 Å². The Morgan fingerprint density at radius 1 is 0.352 bits per heavy atom. The maximum atomic E-state index is 10.1. The zero-order valence-electron chi connectivity index (χ0n) is 29.8. The first-order chi connectivity index (χ1) is 26.4. The lowest BCUT2D eigenvalue weighted by Crippen LogP contribution is -2.27. The monoisotopic (exact) mass is 702 g/mol. The van der Waals surface area contributed by atoms with Gasteiger partial charge in [-0.3, -0.25) is 0 Å². The van der Waals surface area contributed by atoms with Gasteiger partial charge in [-0.15, -0.1) is 0 Å². The molecule has 4 nitrogen and oxygen atoms in total. The van der Waals surface area contributed by atoms with Crippen molar-refractivity contribution < 1.29 is 19.7 Å². The van der Waals surface area contributed by atoms with Gasteiger partial charge in [0.2, 0.25) is 0 Å². The summed E-state index contributed by atoms with van der Waals surface area (Å²) in [5, 5.41) is 20.1. The van der Waals surface area contributed by atoms with Crippen LogP contribution in [0.4, 0.5) is 0 Å². The molecule has 0 saturated carbocycles. The van der Waals surface area contributed by atoms with E-state index in [0.717, 1.165) is 50.1 Å². The van der Waals surface area contributed by atoms with Crippen molar-refractivity contribution in [2.45, 2.75) is 12.3 Å². The first kappa shape index (κ1) is 34.1. The lowest BCUT2D eigenvalue weighted by Gasteiger charge is -2.35. The zero-order chi connectivity index (χ0) is 36.9. The average molecular weight is 703 g/mol. The van der Waals surface area contributed by atoms with Crippen LogP contribution in [0.3, 0.4) is 0 Å². The van der Waals surface area contributed by atoms with Crippen molar-refractivity contribution in [2.24, 2.45) is 0 Å². The van der Waals surface area contributed by atoms with Crippen LogP contribution in [0.5, 0.6) is 34.5 Å². The Bertz CT molecular complexity index is 2340. The van der Waals surface area contributed by atoms with Crippen molar-refractivity contribution in [3.63, 3.8) is 0 Å². The molecule has 0 spiro atoms. The summed E-state index contributed by atoms with van der Waals surface area (Å²) in [5.74, 6) is 2.85. The predicted octanol–water partition coefficient (Wildman–Crippen LogP) is 13.0. The predicted molar refractivity (Wildman–Crippen MR) is 218 cm³/mol. The Morgan fingerprint density at radius 2 is 0.685 bits per heavy atom. The van der Waals surface area contributed by atoms with E-state index in [4.69, 9.17) is 9.47 Å². The van der Waals surface area contributed by atoms with E-state index in [9.17, 15) is 10.2 Å². The van der Waals surface area contributed by atoms with Crippen molar-refractivity contribution in [3.05, 3.63) is 217 Å². The summed E-state index contributed by atoms with van der Waals surface area (Å²) < 4.78 is 13.5. The summed E-state index contributed by atoms with van der Waals surface area (Å²) in [5.41, 5.74) is 8.50. The molecule has 0 aliphatic rings. The Hall–Kier alpha value is -7.04. The Morgan fingerprint density at radius 3 is 1.07 bits per heavy atom.